The Balaban J connectivity index is 1.05. The van der Waals surface area contributed by atoms with Crippen LogP contribution in [0.2, 0.25) is 0 Å². The van der Waals surface area contributed by atoms with E-state index in [1.807, 2.05) is 110 Å². The average molecular weight is 807 g/mol. The minimum Gasteiger partial charge on any atom is -0.508 e. The van der Waals surface area contributed by atoms with Gasteiger partial charge in [-0.15, -0.1) is 0 Å². The molecule has 10 rings (SSSR count). The summed E-state index contributed by atoms with van der Waals surface area (Å²) in [6.45, 7) is 0. The van der Waals surface area contributed by atoms with Gasteiger partial charge in [-0.2, -0.15) is 10.2 Å². The molecule has 2 heterocycles. The second-order valence-corrected chi connectivity index (χ2v) is 16.7. The minimum absolute atomic E-state index is 0.0843. The second kappa shape index (κ2) is 14.8. The molecule has 10 nitrogen and oxygen atoms in total. The van der Waals surface area contributed by atoms with Crippen molar-refractivity contribution < 1.29 is 29.0 Å². The number of ether oxygens (including phenoxy) is 1. The molecule has 0 bridgehead atoms. The molecule has 2 fully saturated rings. The number of Topliss-reactive ketones (excluding diaryl/α,β-unsaturated/α-hetero) is 1. The van der Waals surface area contributed by atoms with Crippen molar-refractivity contribution in [2.75, 3.05) is 23.9 Å². The van der Waals surface area contributed by atoms with Crippen molar-refractivity contribution in [1.29, 1.82) is 0 Å². The Kier molecular flexibility index (Phi) is 9.23. The largest absolute Gasteiger partial charge is 0.508 e. The van der Waals surface area contributed by atoms with E-state index in [1.165, 1.54) is 11.0 Å². The number of azo groups is 1. The number of aromatic hydroxyl groups is 1. The summed E-state index contributed by atoms with van der Waals surface area (Å²) in [5.74, 6) is -3.83. The summed E-state index contributed by atoms with van der Waals surface area (Å²) in [4.78, 5) is 63.2. The van der Waals surface area contributed by atoms with Crippen LogP contribution in [0, 0.1) is 29.6 Å². The molecule has 6 unspecified atom stereocenters. The summed E-state index contributed by atoms with van der Waals surface area (Å²) < 4.78 is 6.24. The number of carbonyl (C=O) groups excluding carboxylic acids is 4. The summed E-state index contributed by atoms with van der Waals surface area (Å²) >= 11 is 0. The lowest BCUT2D eigenvalue weighted by atomic mass is 9.44. The molecule has 0 spiro atoms. The lowest BCUT2D eigenvalue weighted by molar-refractivity contribution is -0.136. The van der Waals surface area contributed by atoms with Crippen molar-refractivity contribution in [2.24, 2.45) is 39.8 Å². The highest BCUT2D eigenvalue weighted by Crippen LogP contribution is 2.63. The van der Waals surface area contributed by atoms with Crippen molar-refractivity contribution >= 4 is 51.7 Å². The molecule has 3 aliphatic carbocycles. The predicted octanol–water partition coefficient (Wildman–Crippen LogP) is 9.25. The van der Waals surface area contributed by atoms with Crippen LogP contribution in [0.1, 0.15) is 29.5 Å². The first kappa shape index (κ1) is 38.0. The van der Waals surface area contributed by atoms with Gasteiger partial charge in [-0.1, -0.05) is 72.3 Å². The Hall–Kier alpha value is -7.20. The predicted molar refractivity (Wildman–Crippen MR) is 232 cm³/mol. The van der Waals surface area contributed by atoms with Gasteiger partial charge < -0.3 is 14.7 Å². The van der Waals surface area contributed by atoms with Crippen LogP contribution in [-0.2, 0) is 31.0 Å². The summed E-state index contributed by atoms with van der Waals surface area (Å²) in [7, 11) is 3.94. The van der Waals surface area contributed by atoms with Crippen LogP contribution in [0.3, 0.4) is 0 Å². The van der Waals surface area contributed by atoms with Crippen molar-refractivity contribution in [3.05, 3.63) is 174 Å². The van der Waals surface area contributed by atoms with Gasteiger partial charge in [0.15, 0.2) is 11.6 Å². The van der Waals surface area contributed by atoms with E-state index >= 15 is 9.59 Å². The standard InChI is InChI=1S/C51H42N4O6/c1-54(2)36-17-13-34(14-18-36)52-53-35-15-19-37(20-16-35)55-49(59)40-23-22-39-42(46(40)50(55)60)27-43-48(58)41(30-9-5-3-6-10-30)28-45(57)51(43,33-11-7-4-8-12-33)47(39)32-25-31-26-38(56)21-24-44(31)61-29-32/h3-22,24,26,28-29,40,42-43,46-47,56H,23,25,27H2,1-2H3. The van der Waals surface area contributed by atoms with Crippen LogP contribution in [0.25, 0.3) is 5.57 Å². The molecule has 61 heavy (non-hydrogen) atoms. The van der Waals surface area contributed by atoms with Crippen LogP contribution in [0.4, 0.5) is 22.7 Å². The molecule has 2 amide bonds. The monoisotopic (exact) mass is 806 g/mol. The Labute approximate surface area is 353 Å². The number of fused-ring (bicyclic) bond motifs is 5. The van der Waals surface area contributed by atoms with Gasteiger partial charge >= 0.3 is 0 Å². The van der Waals surface area contributed by atoms with Gasteiger partial charge in [0.25, 0.3) is 0 Å². The van der Waals surface area contributed by atoms with E-state index in [2.05, 4.69) is 10.2 Å². The zero-order chi connectivity index (χ0) is 42.0. The van der Waals surface area contributed by atoms with Gasteiger partial charge in [-0.05, 0) is 108 Å². The second-order valence-electron chi connectivity index (χ2n) is 16.7. The molecule has 0 radical (unpaired) electrons. The Morgan fingerprint density at radius 1 is 0.770 bits per heavy atom. The van der Waals surface area contributed by atoms with Crippen molar-refractivity contribution in [2.45, 2.75) is 24.7 Å². The van der Waals surface area contributed by atoms with E-state index in [0.29, 0.717) is 52.4 Å². The number of ketones is 2. The first-order valence-electron chi connectivity index (χ1n) is 20.6. The number of phenols is 1. The van der Waals surface area contributed by atoms with E-state index in [9.17, 15) is 14.7 Å². The van der Waals surface area contributed by atoms with Crippen molar-refractivity contribution in [3.63, 3.8) is 0 Å². The first-order chi connectivity index (χ1) is 29.6. The molecule has 5 aromatic carbocycles. The normalized spacial score (nSPS) is 25.4. The molecular weight excluding hydrogens is 765 g/mol. The van der Waals surface area contributed by atoms with E-state index in [4.69, 9.17) is 4.74 Å². The zero-order valence-electron chi connectivity index (χ0n) is 33.6. The maximum Gasteiger partial charge on any atom is 0.238 e. The number of imide groups is 1. The lowest BCUT2D eigenvalue weighted by Gasteiger charge is -2.56. The molecule has 10 heteroatoms. The van der Waals surface area contributed by atoms with Crippen LogP contribution in [-0.4, -0.2) is 42.6 Å². The molecule has 302 valence electrons. The number of amides is 2. The Morgan fingerprint density at radius 3 is 2.13 bits per heavy atom. The fraction of sp³-hybridized carbons (Fsp3) is 0.216. The first-order valence-corrected chi connectivity index (χ1v) is 20.6. The molecule has 6 atom stereocenters. The number of anilines is 2. The topological polar surface area (TPSA) is 129 Å². The van der Waals surface area contributed by atoms with E-state index in [-0.39, 0.29) is 35.6 Å². The van der Waals surface area contributed by atoms with E-state index < -0.39 is 35.0 Å². The van der Waals surface area contributed by atoms with Gasteiger partial charge in [0.05, 0.1) is 40.6 Å². The van der Waals surface area contributed by atoms with Crippen LogP contribution in [0.5, 0.6) is 11.5 Å². The average Bonchev–Trinajstić information content (AvgIpc) is 3.55. The molecule has 5 aromatic rings. The molecule has 0 aromatic heterocycles. The molecule has 1 N–H and O–H groups in total. The Morgan fingerprint density at radius 2 is 1.44 bits per heavy atom. The van der Waals surface area contributed by atoms with Gasteiger partial charge in [-0.3, -0.25) is 24.1 Å². The van der Waals surface area contributed by atoms with Gasteiger partial charge in [0, 0.05) is 49.2 Å². The van der Waals surface area contributed by atoms with E-state index in [0.717, 1.165) is 22.4 Å². The lowest BCUT2D eigenvalue weighted by Crippen LogP contribution is -2.60. The number of nitrogens with zero attached hydrogens (tertiary/aromatic N) is 4. The summed E-state index contributed by atoms with van der Waals surface area (Å²) in [6, 6.07) is 38.2. The number of benzene rings is 5. The van der Waals surface area contributed by atoms with Crippen LogP contribution in [0.15, 0.2) is 167 Å². The number of hydrogen-bond donors (Lipinski definition) is 1. The van der Waals surface area contributed by atoms with Crippen molar-refractivity contribution in [3.8, 4) is 11.5 Å². The van der Waals surface area contributed by atoms with Gasteiger partial charge in [0.2, 0.25) is 11.8 Å². The smallest absolute Gasteiger partial charge is 0.238 e. The van der Waals surface area contributed by atoms with Crippen LogP contribution >= 0.6 is 0 Å². The fourth-order valence-electron chi connectivity index (χ4n) is 10.5. The fourth-order valence-corrected chi connectivity index (χ4v) is 10.5. The minimum atomic E-state index is -1.38. The van der Waals surface area contributed by atoms with Crippen molar-refractivity contribution in [1.82, 2.24) is 0 Å². The maximum atomic E-state index is 15.4. The third-order valence-electron chi connectivity index (χ3n) is 13.3. The molecular formula is C51H42N4O6. The number of allylic oxidation sites excluding steroid dienone is 5. The third-order valence-corrected chi connectivity index (χ3v) is 13.3. The highest BCUT2D eigenvalue weighted by atomic mass is 16.5. The van der Waals surface area contributed by atoms with Gasteiger partial charge in [-0.25, -0.2) is 0 Å². The number of hydrogen-bond acceptors (Lipinski definition) is 9. The van der Waals surface area contributed by atoms with Crippen LogP contribution < -0.4 is 14.5 Å². The number of rotatable bonds is 7. The SMILES string of the molecule is CN(C)c1ccc(N=Nc2ccc(N3C(=O)C4CC=C5C(CC6C(=O)C(c7ccccc7)=CC(=O)C6(c6ccccc6)C5C5=COc6ccc(O)cc6C5)C4C3=O)cc2)cc1. The Bertz CT molecular complexity index is 2740. The maximum absolute atomic E-state index is 15.4. The van der Waals surface area contributed by atoms with E-state index in [1.54, 1.807) is 48.7 Å². The van der Waals surface area contributed by atoms with Gasteiger partial charge in [0.1, 0.15) is 11.5 Å². The molecule has 5 aliphatic rings. The number of carbonyl (C=O) groups is 4. The number of phenolic OH excluding ortho intramolecular Hbond substituents is 1. The summed E-state index contributed by atoms with van der Waals surface area (Å²) in [5.41, 5.74) is 5.40. The zero-order valence-corrected chi connectivity index (χ0v) is 33.6. The highest BCUT2D eigenvalue weighted by Gasteiger charge is 2.66. The summed E-state index contributed by atoms with van der Waals surface area (Å²) in [6.07, 6.45) is 6.07. The molecule has 2 aliphatic heterocycles. The quantitative estimate of drug-likeness (QED) is 0.0987. The third kappa shape index (κ3) is 6.15. The highest BCUT2D eigenvalue weighted by molar-refractivity contribution is 6.31. The molecule has 1 saturated carbocycles. The summed E-state index contributed by atoms with van der Waals surface area (Å²) in [5, 5.41) is 19.3. The molecule has 1 saturated heterocycles.